The van der Waals surface area contributed by atoms with Gasteiger partial charge in [-0.05, 0) is 31.2 Å². The standard InChI is InChI=1S/C14H19F2NO2/c1-2-5-17-14(13-9-18-6-7-19-13)11-8-10(15)3-4-12(11)16/h3-4,8,13-14,17H,2,5-7,9H2,1H3. The summed E-state index contributed by atoms with van der Waals surface area (Å²) in [6.07, 6.45) is 0.609. The van der Waals surface area contributed by atoms with E-state index in [1.807, 2.05) is 6.92 Å². The Bertz CT molecular complexity index is 408. The second-order valence-corrected chi connectivity index (χ2v) is 4.58. The lowest BCUT2D eigenvalue weighted by atomic mass is 10.00. The highest BCUT2D eigenvalue weighted by Gasteiger charge is 2.28. The smallest absolute Gasteiger partial charge is 0.128 e. The molecule has 5 heteroatoms. The molecular weight excluding hydrogens is 252 g/mol. The second-order valence-electron chi connectivity index (χ2n) is 4.58. The Labute approximate surface area is 111 Å². The molecule has 0 aromatic heterocycles. The number of hydrogen-bond donors (Lipinski definition) is 1. The summed E-state index contributed by atoms with van der Waals surface area (Å²) in [7, 11) is 0. The first-order valence-electron chi connectivity index (χ1n) is 6.60. The predicted octanol–water partition coefficient (Wildman–Crippen LogP) is 2.42. The zero-order chi connectivity index (χ0) is 13.7. The normalized spacial score (nSPS) is 21.3. The number of halogens is 2. The van der Waals surface area contributed by atoms with E-state index in [2.05, 4.69) is 5.32 Å². The van der Waals surface area contributed by atoms with E-state index in [0.29, 0.717) is 31.9 Å². The van der Waals surface area contributed by atoms with E-state index < -0.39 is 17.7 Å². The van der Waals surface area contributed by atoms with Gasteiger partial charge < -0.3 is 14.8 Å². The molecule has 0 radical (unpaired) electrons. The predicted molar refractivity (Wildman–Crippen MR) is 68.0 cm³/mol. The first-order valence-corrected chi connectivity index (χ1v) is 6.60. The van der Waals surface area contributed by atoms with Gasteiger partial charge in [-0.3, -0.25) is 0 Å². The molecule has 0 bridgehead atoms. The molecular formula is C14H19F2NO2. The molecule has 19 heavy (non-hydrogen) atoms. The highest BCUT2D eigenvalue weighted by Crippen LogP contribution is 2.25. The number of nitrogens with one attached hydrogen (secondary N) is 1. The van der Waals surface area contributed by atoms with Crippen LogP contribution in [0.2, 0.25) is 0 Å². The molecule has 2 rings (SSSR count). The van der Waals surface area contributed by atoms with E-state index in [1.165, 1.54) is 6.07 Å². The van der Waals surface area contributed by atoms with Crippen LogP contribution in [-0.4, -0.2) is 32.5 Å². The maximum atomic E-state index is 13.9. The molecule has 1 aromatic carbocycles. The number of ether oxygens (including phenoxy) is 2. The van der Waals surface area contributed by atoms with Gasteiger partial charge >= 0.3 is 0 Å². The minimum atomic E-state index is -0.448. The summed E-state index contributed by atoms with van der Waals surface area (Å²) in [6.45, 7) is 4.14. The van der Waals surface area contributed by atoms with E-state index in [9.17, 15) is 8.78 Å². The average Bonchev–Trinajstić information content (AvgIpc) is 2.44. The molecule has 0 amide bonds. The molecule has 0 saturated carbocycles. The molecule has 1 aromatic rings. The van der Waals surface area contributed by atoms with Crippen molar-refractivity contribution in [2.75, 3.05) is 26.4 Å². The monoisotopic (exact) mass is 271 g/mol. The number of hydrogen-bond acceptors (Lipinski definition) is 3. The second kappa shape index (κ2) is 6.93. The Morgan fingerprint density at radius 2 is 2.21 bits per heavy atom. The first-order chi connectivity index (χ1) is 9.22. The fourth-order valence-corrected chi connectivity index (χ4v) is 2.19. The third kappa shape index (κ3) is 3.72. The van der Waals surface area contributed by atoms with Crippen molar-refractivity contribution in [1.82, 2.24) is 5.32 Å². The van der Waals surface area contributed by atoms with Gasteiger partial charge in [-0.15, -0.1) is 0 Å². The van der Waals surface area contributed by atoms with Crippen LogP contribution in [0.15, 0.2) is 18.2 Å². The zero-order valence-corrected chi connectivity index (χ0v) is 11.0. The van der Waals surface area contributed by atoms with Gasteiger partial charge in [0.25, 0.3) is 0 Å². The molecule has 0 aliphatic carbocycles. The van der Waals surface area contributed by atoms with Crippen molar-refractivity contribution in [3.05, 3.63) is 35.4 Å². The Morgan fingerprint density at radius 3 is 2.89 bits per heavy atom. The van der Waals surface area contributed by atoms with Crippen LogP contribution in [0.4, 0.5) is 8.78 Å². The van der Waals surface area contributed by atoms with Crippen molar-refractivity contribution in [2.24, 2.45) is 0 Å². The van der Waals surface area contributed by atoms with Crippen LogP contribution in [0.3, 0.4) is 0 Å². The van der Waals surface area contributed by atoms with Crippen LogP contribution >= 0.6 is 0 Å². The lowest BCUT2D eigenvalue weighted by Crippen LogP contribution is -2.41. The van der Waals surface area contributed by atoms with Crippen LogP contribution < -0.4 is 5.32 Å². The lowest BCUT2D eigenvalue weighted by Gasteiger charge is -2.31. The van der Waals surface area contributed by atoms with Gasteiger partial charge in [0.1, 0.15) is 17.7 Å². The molecule has 3 nitrogen and oxygen atoms in total. The van der Waals surface area contributed by atoms with Crippen LogP contribution in [0.1, 0.15) is 24.9 Å². The van der Waals surface area contributed by atoms with Gasteiger partial charge in [-0.2, -0.15) is 0 Å². The summed E-state index contributed by atoms with van der Waals surface area (Å²) in [6, 6.07) is 3.10. The molecule has 1 aliphatic heterocycles. The maximum Gasteiger partial charge on any atom is 0.128 e. The minimum Gasteiger partial charge on any atom is -0.376 e. The van der Waals surface area contributed by atoms with Gasteiger partial charge in [0.2, 0.25) is 0 Å². The first kappa shape index (κ1) is 14.4. The van der Waals surface area contributed by atoms with Gasteiger partial charge in [0.15, 0.2) is 0 Å². The van der Waals surface area contributed by atoms with E-state index in [4.69, 9.17) is 9.47 Å². The summed E-state index contributed by atoms with van der Waals surface area (Å²) in [5.41, 5.74) is 0.295. The van der Waals surface area contributed by atoms with Gasteiger partial charge in [0, 0.05) is 5.56 Å². The summed E-state index contributed by atoms with van der Waals surface area (Å²) < 4.78 is 38.2. The van der Waals surface area contributed by atoms with Crippen molar-refractivity contribution in [1.29, 1.82) is 0 Å². The van der Waals surface area contributed by atoms with E-state index in [0.717, 1.165) is 18.6 Å². The molecule has 1 fully saturated rings. The van der Waals surface area contributed by atoms with Crippen LogP contribution in [0.25, 0.3) is 0 Å². The third-order valence-corrected chi connectivity index (χ3v) is 3.12. The van der Waals surface area contributed by atoms with Crippen LogP contribution in [-0.2, 0) is 9.47 Å². The maximum absolute atomic E-state index is 13.9. The molecule has 1 N–H and O–H groups in total. The summed E-state index contributed by atoms with van der Waals surface area (Å²) in [4.78, 5) is 0. The zero-order valence-electron chi connectivity index (χ0n) is 11.0. The van der Waals surface area contributed by atoms with Crippen molar-refractivity contribution in [3.8, 4) is 0 Å². The quantitative estimate of drug-likeness (QED) is 0.892. The minimum absolute atomic E-state index is 0.295. The molecule has 0 spiro atoms. The Hall–Kier alpha value is -1.04. The van der Waals surface area contributed by atoms with Crippen molar-refractivity contribution >= 4 is 0 Å². The molecule has 1 aliphatic rings. The Morgan fingerprint density at radius 1 is 1.37 bits per heavy atom. The summed E-state index contributed by atoms with van der Waals surface area (Å²) in [5.74, 6) is -0.874. The summed E-state index contributed by atoms with van der Waals surface area (Å²) in [5, 5.41) is 3.21. The highest BCUT2D eigenvalue weighted by atomic mass is 19.1. The fourth-order valence-electron chi connectivity index (χ4n) is 2.19. The lowest BCUT2D eigenvalue weighted by molar-refractivity contribution is -0.102. The topological polar surface area (TPSA) is 30.5 Å². The SMILES string of the molecule is CCCNC(c1cc(F)ccc1F)C1COCCO1. The van der Waals surface area contributed by atoms with Crippen LogP contribution in [0, 0.1) is 11.6 Å². The van der Waals surface area contributed by atoms with Gasteiger partial charge in [0.05, 0.1) is 25.9 Å². The number of rotatable bonds is 5. The molecule has 1 saturated heterocycles. The highest BCUT2D eigenvalue weighted by molar-refractivity contribution is 5.23. The molecule has 1 heterocycles. The van der Waals surface area contributed by atoms with Crippen molar-refractivity contribution in [2.45, 2.75) is 25.5 Å². The van der Waals surface area contributed by atoms with Crippen molar-refractivity contribution in [3.63, 3.8) is 0 Å². The van der Waals surface area contributed by atoms with E-state index in [1.54, 1.807) is 0 Å². The van der Waals surface area contributed by atoms with Gasteiger partial charge in [-0.25, -0.2) is 8.78 Å². The fraction of sp³-hybridized carbons (Fsp3) is 0.571. The molecule has 2 unspecified atom stereocenters. The molecule has 106 valence electrons. The van der Waals surface area contributed by atoms with Gasteiger partial charge in [-0.1, -0.05) is 6.92 Å². The largest absolute Gasteiger partial charge is 0.376 e. The van der Waals surface area contributed by atoms with Crippen molar-refractivity contribution < 1.29 is 18.3 Å². The Kier molecular flexibility index (Phi) is 5.24. The van der Waals surface area contributed by atoms with E-state index >= 15 is 0 Å². The average molecular weight is 271 g/mol. The van der Waals surface area contributed by atoms with Crippen LogP contribution in [0.5, 0.6) is 0 Å². The van der Waals surface area contributed by atoms with E-state index in [-0.39, 0.29) is 6.10 Å². The third-order valence-electron chi connectivity index (χ3n) is 3.12. The summed E-state index contributed by atoms with van der Waals surface area (Å²) >= 11 is 0. The number of benzene rings is 1. The Balaban J connectivity index is 2.22. The molecule has 2 atom stereocenters.